The Labute approximate surface area is 347 Å². The lowest BCUT2D eigenvalue weighted by molar-refractivity contribution is -0.164. The van der Waals surface area contributed by atoms with Gasteiger partial charge in [-0.25, -0.2) is 0 Å². The molecule has 3 aromatic carbocycles. The number of carbonyl (C=O) groups excluding carboxylic acids is 4. The molecule has 1 unspecified atom stereocenters. The number of amides is 4. The monoisotopic (exact) mass is 804 g/mol. The van der Waals surface area contributed by atoms with E-state index in [4.69, 9.17) is 25.4 Å². The molecule has 0 spiro atoms. The van der Waals surface area contributed by atoms with Gasteiger partial charge in [-0.2, -0.15) is 0 Å². The first kappa shape index (κ1) is 41.6. The Morgan fingerprint density at radius 1 is 0.814 bits per heavy atom. The summed E-state index contributed by atoms with van der Waals surface area (Å²) in [6.45, 7) is 14.3. The normalized spacial score (nSPS) is 24.7. The minimum atomic E-state index is -0.777. The van der Waals surface area contributed by atoms with Crippen LogP contribution in [0.5, 0.6) is 17.2 Å². The maximum atomic E-state index is 13.5. The van der Waals surface area contributed by atoms with Crippen molar-refractivity contribution in [2.24, 2.45) is 10.8 Å². The Hall–Kier alpha value is -5.54. The van der Waals surface area contributed by atoms with Crippen molar-refractivity contribution in [2.45, 2.75) is 117 Å². The average molecular weight is 805 g/mol. The summed E-state index contributed by atoms with van der Waals surface area (Å²) in [5, 5.41) is 8.26. The van der Waals surface area contributed by atoms with Crippen LogP contribution in [0.25, 0.3) is 0 Å². The zero-order chi connectivity index (χ0) is 42.2. The zero-order valence-electron chi connectivity index (χ0n) is 35.1. The van der Waals surface area contributed by atoms with Crippen molar-refractivity contribution in [1.82, 2.24) is 16.0 Å². The molecule has 2 saturated carbocycles. The van der Waals surface area contributed by atoms with Crippen molar-refractivity contribution >= 4 is 29.3 Å². The highest BCUT2D eigenvalue weighted by Gasteiger charge is 2.64. The van der Waals surface area contributed by atoms with Gasteiger partial charge in [-0.15, -0.1) is 6.42 Å². The maximum absolute atomic E-state index is 13.5. The Kier molecular flexibility index (Phi) is 11.7. The summed E-state index contributed by atoms with van der Waals surface area (Å²) < 4.78 is 24.7. The van der Waals surface area contributed by atoms with Gasteiger partial charge in [0.05, 0.1) is 24.9 Å². The number of terminal acetylenes is 1. The van der Waals surface area contributed by atoms with Crippen molar-refractivity contribution in [3.8, 4) is 29.6 Å². The summed E-state index contributed by atoms with van der Waals surface area (Å²) in [6, 6.07) is 16.0. The number of nitrogens with one attached hydrogen (secondary N) is 3. The van der Waals surface area contributed by atoms with Crippen LogP contribution in [0.1, 0.15) is 104 Å². The van der Waals surface area contributed by atoms with Gasteiger partial charge in [0.2, 0.25) is 11.8 Å². The second-order valence-electron chi connectivity index (χ2n) is 17.7. The molecule has 4 fully saturated rings. The third-order valence-corrected chi connectivity index (χ3v) is 12.7. The van der Waals surface area contributed by atoms with Crippen LogP contribution < -0.4 is 35.1 Å². The minimum Gasteiger partial charge on any atom is -0.496 e. The predicted molar refractivity (Wildman–Crippen MR) is 224 cm³/mol. The summed E-state index contributed by atoms with van der Waals surface area (Å²) in [7, 11) is 1.47. The van der Waals surface area contributed by atoms with Crippen molar-refractivity contribution < 1.29 is 38.1 Å². The molecule has 59 heavy (non-hydrogen) atoms. The van der Waals surface area contributed by atoms with Gasteiger partial charge in [-0.05, 0) is 92.8 Å². The van der Waals surface area contributed by atoms with E-state index >= 15 is 0 Å². The lowest BCUT2D eigenvalue weighted by Crippen LogP contribution is -2.74. The minimum absolute atomic E-state index is 0.00818. The number of ether oxygens (including phenoxy) is 4. The average Bonchev–Trinajstić information content (AvgIpc) is 3.19. The van der Waals surface area contributed by atoms with E-state index in [9.17, 15) is 19.2 Å². The Morgan fingerprint density at radius 2 is 1.47 bits per heavy atom. The Morgan fingerprint density at radius 3 is 2.08 bits per heavy atom. The first-order valence-corrected chi connectivity index (χ1v) is 20.6. The van der Waals surface area contributed by atoms with E-state index in [-0.39, 0.29) is 71.5 Å². The molecule has 4 aliphatic rings. The van der Waals surface area contributed by atoms with Gasteiger partial charge in [0.1, 0.15) is 35.5 Å². The number of imide groups is 1. The van der Waals surface area contributed by atoms with Gasteiger partial charge in [0.25, 0.3) is 11.8 Å². The van der Waals surface area contributed by atoms with Crippen LogP contribution in [-0.2, 0) is 14.3 Å². The topological polar surface area (TPSA) is 145 Å². The van der Waals surface area contributed by atoms with Gasteiger partial charge < -0.3 is 34.5 Å². The molecule has 3 aromatic rings. The number of carbonyl (C=O) groups is 4. The van der Waals surface area contributed by atoms with Crippen LogP contribution in [0.15, 0.2) is 54.6 Å². The molecule has 2 aliphatic heterocycles. The highest BCUT2D eigenvalue weighted by atomic mass is 16.5. The summed E-state index contributed by atoms with van der Waals surface area (Å²) in [6.07, 6.45) is 9.67. The third kappa shape index (κ3) is 8.62. The molecule has 12 heteroatoms. The van der Waals surface area contributed by atoms with Gasteiger partial charge >= 0.3 is 0 Å². The van der Waals surface area contributed by atoms with Crippen molar-refractivity contribution in [3.05, 3.63) is 82.4 Å². The quantitative estimate of drug-likeness (QED) is 0.148. The number of methoxy groups -OCH3 is 1. The Bertz CT molecular complexity index is 2100. The van der Waals surface area contributed by atoms with Crippen molar-refractivity contribution in [1.29, 1.82) is 0 Å². The fraction of sp³-hybridized carbons (Fsp3) is 0.489. The third-order valence-electron chi connectivity index (χ3n) is 12.7. The van der Waals surface area contributed by atoms with Gasteiger partial charge in [0.15, 0.2) is 0 Å². The van der Waals surface area contributed by atoms with E-state index in [1.165, 1.54) is 7.11 Å². The number of aryl methyl sites for hydroxylation is 2. The lowest BCUT2D eigenvalue weighted by atomic mass is 9.49. The first-order valence-electron chi connectivity index (χ1n) is 20.6. The van der Waals surface area contributed by atoms with E-state index in [0.29, 0.717) is 17.1 Å². The predicted octanol–water partition coefficient (Wildman–Crippen LogP) is 6.04. The number of benzene rings is 3. The van der Waals surface area contributed by atoms with E-state index in [1.807, 2.05) is 50.2 Å². The molecule has 12 nitrogen and oxygen atoms in total. The molecular weight excluding hydrogens is 749 g/mol. The second-order valence-corrected chi connectivity index (χ2v) is 17.7. The number of nitrogens with zero attached hydrogens (tertiary/aromatic N) is 1. The molecule has 0 radical (unpaired) electrons. The fourth-order valence-corrected chi connectivity index (χ4v) is 9.63. The SMILES string of the molecule is C#Cc1c(C)cc(OC2C(C)(C)C(NC(=O)c3ccc(N4CCC(OC5CC(Oc6ccc(C(=O)NC7CCC(=O)NC7=O)c(OC)c6)C5)CC4)cc3)C2(C)C)cc1C. The smallest absolute Gasteiger partial charge is 0.255 e. The highest BCUT2D eigenvalue weighted by molar-refractivity contribution is 6.04. The van der Waals surface area contributed by atoms with Gasteiger partial charge in [0, 0.05) is 72.1 Å². The molecule has 3 N–H and O–H groups in total. The van der Waals surface area contributed by atoms with Crippen molar-refractivity contribution in [2.75, 3.05) is 25.1 Å². The van der Waals surface area contributed by atoms with Crippen LogP contribution >= 0.6 is 0 Å². The van der Waals surface area contributed by atoms with E-state index < -0.39 is 17.9 Å². The van der Waals surface area contributed by atoms with Gasteiger partial charge in [-0.1, -0.05) is 33.6 Å². The largest absolute Gasteiger partial charge is 0.496 e. The van der Waals surface area contributed by atoms with Crippen LogP contribution in [-0.4, -0.2) is 80.3 Å². The second kappa shape index (κ2) is 16.6. The lowest BCUT2D eigenvalue weighted by Gasteiger charge is -2.63. The van der Waals surface area contributed by atoms with E-state index in [1.54, 1.807) is 18.2 Å². The van der Waals surface area contributed by atoms with Crippen LogP contribution in [0.4, 0.5) is 5.69 Å². The van der Waals surface area contributed by atoms with Crippen molar-refractivity contribution in [3.63, 3.8) is 0 Å². The van der Waals surface area contributed by atoms with Crippen LogP contribution in [0.2, 0.25) is 0 Å². The summed E-state index contributed by atoms with van der Waals surface area (Å²) in [5.74, 6) is 3.08. The number of hydrogen-bond acceptors (Lipinski definition) is 9. The fourth-order valence-electron chi connectivity index (χ4n) is 9.63. The number of piperidine rings is 2. The van der Waals surface area contributed by atoms with Crippen LogP contribution in [0, 0.1) is 37.0 Å². The van der Waals surface area contributed by atoms with Crippen LogP contribution in [0.3, 0.4) is 0 Å². The standard InChI is InChI=1S/C47H56N4O8/c1-9-36-27(2)22-33(23-28(36)3)59-45-46(4,5)44(47(45,6)7)50-41(53)29-10-12-30(13-11-29)51-20-18-31(19-21-51)57-34-24-35(25-34)58-32-14-15-37(39(26-32)56-8)42(54)48-38-16-17-40(52)49-43(38)55/h1,10-15,22-23,26,31,34-35,38,44-45H,16-21,24-25H2,2-8H3,(H,48,54)(H,50,53)(H,49,52,55). The molecule has 2 saturated heterocycles. The molecule has 1 atom stereocenters. The number of anilines is 1. The molecule has 7 rings (SSSR count). The zero-order valence-corrected chi connectivity index (χ0v) is 35.1. The van der Waals surface area contributed by atoms with E-state index in [2.05, 4.69) is 54.5 Å². The molecule has 2 aliphatic carbocycles. The summed E-state index contributed by atoms with van der Waals surface area (Å²) in [4.78, 5) is 52.3. The molecule has 0 bridgehead atoms. The first-order chi connectivity index (χ1) is 28.1. The highest BCUT2D eigenvalue weighted by Crippen LogP contribution is 2.55. The summed E-state index contributed by atoms with van der Waals surface area (Å²) >= 11 is 0. The summed E-state index contributed by atoms with van der Waals surface area (Å²) in [5.41, 5.74) is 4.34. The Balaban J connectivity index is 0.838. The number of hydrogen-bond donors (Lipinski definition) is 3. The van der Waals surface area contributed by atoms with Gasteiger partial charge in [-0.3, -0.25) is 24.5 Å². The molecule has 4 amide bonds. The molecule has 312 valence electrons. The molecule has 2 heterocycles. The maximum Gasteiger partial charge on any atom is 0.255 e. The number of rotatable bonds is 12. The molecular formula is C47H56N4O8. The van der Waals surface area contributed by atoms with E-state index in [0.717, 1.165) is 66.9 Å². The molecule has 0 aromatic heterocycles.